The van der Waals surface area contributed by atoms with Gasteiger partial charge in [-0.1, -0.05) is 6.07 Å². The molecule has 4 nitrogen and oxygen atoms in total. The molecular weight excluding hydrogens is 240 g/mol. The number of carbonyl (C=O) groups excluding carboxylic acids is 1. The van der Waals surface area contributed by atoms with Crippen molar-refractivity contribution in [1.82, 2.24) is 10.2 Å². The van der Waals surface area contributed by atoms with Gasteiger partial charge in [-0.25, -0.2) is 0 Å². The number of aryl methyl sites for hydroxylation is 2. The molecule has 0 aromatic heterocycles. The van der Waals surface area contributed by atoms with Gasteiger partial charge in [0.25, 0.3) is 0 Å². The van der Waals surface area contributed by atoms with Crippen molar-refractivity contribution in [3.63, 3.8) is 0 Å². The number of nitrogens with one attached hydrogen (secondary N) is 1. The molecule has 1 saturated heterocycles. The maximum absolute atomic E-state index is 12.5. The van der Waals surface area contributed by atoms with Crippen LogP contribution in [-0.4, -0.2) is 48.0 Å². The average Bonchev–Trinajstić information content (AvgIpc) is 2.42. The third-order valence-corrected chi connectivity index (χ3v) is 3.79. The Bertz CT molecular complexity index is 479. The van der Waals surface area contributed by atoms with Crippen LogP contribution in [0.1, 0.15) is 28.4 Å². The number of piperazine rings is 1. The second kappa shape index (κ2) is 5.72. The van der Waals surface area contributed by atoms with Crippen LogP contribution in [0.4, 0.5) is 0 Å². The van der Waals surface area contributed by atoms with Gasteiger partial charge in [-0.3, -0.25) is 9.69 Å². The number of rotatable bonds is 3. The van der Waals surface area contributed by atoms with Gasteiger partial charge in [-0.05, 0) is 38.0 Å². The van der Waals surface area contributed by atoms with E-state index in [-0.39, 0.29) is 17.6 Å². The largest absolute Gasteiger partial charge is 0.507 e. The van der Waals surface area contributed by atoms with Gasteiger partial charge in [-0.15, -0.1) is 0 Å². The summed E-state index contributed by atoms with van der Waals surface area (Å²) in [7, 11) is 0. The number of Topliss-reactive ketones (excluding diaryl/α,β-unsaturated/α-hetero) is 1. The summed E-state index contributed by atoms with van der Waals surface area (Å²) in [5.41, 5.74) is 2.21. The second-order valence-electron chi connectivity index (χ2n) is 5.30. The van der Waals surface area contributed by atoms with Crippen molar-refractivity contribution in [2.24, 2.45) is 0 Å². The van der Waals surface area contributed by atoms with Crippen LogP contribution in [0.3, 0.4) is 0 Å². The molecule has 0 aliphatic carbocycles. The fourth-order valence-corrected chi connectivity index (χ4v) is 2.61. The van der Waals surface area contributed by atoms with E-state index in [1.165, 1.54) is 0 Å². The van der Waals surface area contributed by atoms with Crippen molar-refractivity contribution in [3.8, 4) is 5.75 Å². The lowest BCUT2D eigenvalue weighted by molar-refractivity contribution is 0.0817. The number of benzene rings is 1. The Balaban J connectivity index is 2.23. The molecule has 1 aliphatic heterocycles. The molecule has 104 valence electrons. The molecule has 0 radical (unpaired) electrons. The minimum atomic E-state index is -0.186. The van der Waals surface area contributed by atoms with E-state index >= 15 is 0 Å². The summed E-state index contributed by atoms with van der Waals surface area (Å²) < 4.78 is 0. The van der Waals surface area contributed by atoms with Crippen molar-refractivity contribution in [2.45, 2.75) is 26.8 Å². The van der Waals surface area contributed by atoms with Crippen LogP contribution in [0.15, 0.2) is 12.1 Å². The molecule has 0 saturated carbocycles. The predicted octanol–water partition coefficient (Wildman–Crippen LogP) is 1.49. The van der Waals surface area contributed by atoms with Crippen LogP contribution in [0, 0.1) is 13.8 Å². The van der Waals surface area contributed by atoms with E-state index in [2.05, 4.69) is 10.2 Å². The van der Waals surface area contributed by atoms with E-state index in [1.807, 2.05) is 26.8 Å². The SMILES string of the molecule is Cc1cc(C)c(O)c(C(=O)C(C)N2CCNCC2)c1. The van der Waals surface area contributed by atoms with Crippen LogP contribution < -0.4 is 5.32 Å². The normalized spacial score (nSPS) is 18.3. The average molecular weight is 262 g/mol. The molecule has 4 heteroatoms. The molecule has 1 heterocycles. The Kier molecular flexibility index (Phi) is 4.22. The Morgan fingerprint density at radius 3 is 2.58 bits per heavy atom. The fourth-order valence-electron chi connectivity index (χ4n) is 2.61. The summed E-state index contributed by atoms with van der Waals surface area (Å²) in [6, 6.07) is 3.49. The Hall–Kier alpha value is -1.39. The van der Waals surface area contributed by atoms with Gasteiger partial charge in [0.15, 0.2) is 5.78 Å². The number of hydrogen-bond acceptors (Lipinski definition) is 4. The summed E-state index contributed by atoms with van der Waals surface area (Å²) in [6.07, 6.45) is 0. The van der Waals surface area contributed by atoms with Gasteiger partial charge in [0, 0.05) is 26.2 Å². The molecule has 1 fully saturated rings. The number of aromatic hydroxyl groups is 1. The number of phenols is 1. The second-order valence-corrected chi connectivity index (χ2v) is 5.30. The lowest BCUT2D eigenvalue weighted by Gasteiger charge is -2.32. The minimum absolute atomic E-state index is 0.00574. The Labute approximate surface area is 114 Å². The molecule has 1 atom stereocenters. The van der Waals surface area contributed by atoms with Crippen molar-refractivity contribution in [3.05, 3.63) is 28.8 Å². The molecule has 1 aromatic rings. The van der Waals surface area contributed by atoms with Crippen LogP contribution in [-0.2, 0) is 0 Å². The van der Waals surface area contributed by atoms with E-state index < -0.39 is 0 Å². The molecule has 1 aromatic carbocycles. The Morgan fingerprint density at radius 1 is 1.32 bits per heavy atom. The first kappa shape index (κ1) is 14.0. The molecule has 1 unspecified atom stereocenters. The number of carbonyl (C=O) groups is 1. The lowest BCUT2D eigenvalue weighted by Crippen LogP contribution is -2.50. The van der Waals surface area contributed by atoms with E-state index in [0.29, 0.717) is 5.56 Å². The number of hydrogen-bond donors (Lipinski definition) is 2. The molecule has 0 bridgehead atoms. The topological polar surface area (TPSA) is 52.6 Å². The zero-order valence-corrected chi connectivity index (χ0v) is 11.9. The molecule has 19 heavy (non-hydrogen) atoms. The third kappa shape index (κ3) is 2.96. The van der Waals surface area contributed by atoms with Crippen LogP contribution in [0.25, 0.3) is 0 Å². The maximum atomic E-state index is 12.5. The smallest absolute Gasteiger partial charge is 0.183 e. The highest BCUT2D eigenvalue weighted by molar-refractivity contribution is 6.02. The van der Waals surface area contributed by atoms with Gasteiger partial charge >= 0.3 is 0 Å². The number of phenolic OH excluding ortho intramolecular Hbond substituents is 1. The van der Waals surface area contributed by atoms with E-state index in [9.17, 15) is 9.90 Å². The van der Waals surface area contributed by atoms with E-state index in [4.69, 9.17) is 0 Å². The van der Waals surface area contributed by atoms with Crippen LogP contribution in [0.5, 0.6) is 5.75 Å². The molecule has 1 aliphatic rings. The van der Waals surface area contributed by atoms with Gasteiger partial charge in [0.05, 0.1) is 11.6 Å². The monoisotopic (exact) mass is 262 g/mol. The first-order valence-corrected chi connectivity index (χ1v) is 6.80. The summed E-state index contributed by atoms with van der Waals surface area (Å²) >= 11 is 0. The van der Waals surface area contributed by atoms with Crippen LogP contribution in [0.2, 0.25) is 0 Å². The van der Waals surface area contributed by atoms with Crippen molar-refractivity contribution in [1.29, 1.82) is 0 Å². The van der Waals surface area contributed by atoms with Crippen molar-refractivity contribution >= 4 is 5.78 Å². The number of ketones is 1. The first-order valence-electron chi connectivity index (χ1n) is 6.80. The molecule has 2 rings (SSSR count). The standard InChI is InChI=1S/C15H22N2O2/c1-10-8-11(2)14(18)13(9-10)15(19)12(3)17-6-4-16-5-7-17/h8-9,12,16,18H,4-7H2,1-3H3. The Morgan fingerprint density at radius 2 is 1.95 bits per heavy atom. The zero-order valence-electron chi connectivity index (χ0n) is 11.9. The minimum Gasteiger partial charge on any atom is -0.507 e. The molecular formula is C15H22N2O2. The summed E-state index contributed by atoms with van der Waals surface area (Å²) in [5.74, 6) is 0.129. The molecule has 2 N–H and O–H groups in total. The van der Waals surface area contributed by atoms with Gasteiger partial charge in [0.2, 0.25) is 0 Å². The fraction of sp³-hybridized carbons (Fsp3) is 0.533. The summed E-state index contributed by atoms with van der Waals surface area (Å²) in [6.45, 7) is 9.27. The lowest BCUT2D eigenvalue weighted by atomic mass is 9.98. The van der Waals surface area contributed by atoms with E-state index in [1.54, 1.807) is 6.07 Å². The van der Waals surface area contributed by atoms with E-state index in [0.717, 1.165) is 37.3 Å². The van der Waals surface area contributed by atoms with Crippen molar-refractivity contribution < 1.29 is 9.90 Å². The van der Waals surface area contributed by atoms with Crippen molar-refractivity contribution in [2.75, 3.05) is 26.2 Å². The van der Waals surface area contributed by atoms with Gasteiger partial charge in [0.1, 0.15) is 5.75 Å². The molecule has 0 amide bonds. The van der Waals surface area contributed by atoms with Gasteiger partial charge in [-0.2, -0.15) is 0 Å². The zero-order chi connectivity index (χ0) is 14.0. The quantitative estimate of drug-likeness (QED) is 0.810. The summed E-state index contributed by atoms with van der Waals surface area (Å²) in [4.78, 5) is 14.7. The highest BCUT2D eigenvalue weighted by Crippen LogP contribution is 2.25. The highest BCUT2D eigenvalue weighted by atomic mass is 16.3. The first-order chi connectivity index (χ1) is 9.00. The van der Waals surface area contributed by atoms with Gasteiger partial charge < -0.3 is 10.4 Å². The predicted molar refractivity (Wildman–Crippen MR) is 75.8 cm³/mol. The van der Waals surface area contributed by atoms with Crippen LogP contribution >= 0.6 is 0 Å². The number of nitrogens with zero attached hydrogens (tertiary/aromatic N) is 1. The summed E-state index contributed by atoms with van der Waals surface area (Å²) in [5, 5.41) is 13.4. The highest BCUT2D eigenvalue weighted by Gasteiger charge is 2.26. The third-order valence-electron chi connectivity index (χ3n) is 3.79. The molecule has 0 spiro atoms. The maximum Gasteiger partial charge on any atom is 0.183 e.